The van der Waals surface area contributed by atoms with Crippen molar-refractivity contribution in [3.05, 3.63) is 23.8 Å². The van der Waals surface area contributed by atoms with E-state index >= 15 is 0 Å². The molecule has 1 unspecified atom stereocenters. The summed E-state index contributed by atoms with van der Waals surface area (Å²) in [6.45, 7) is 0.525. The molecule has 1 atom stereocenters. The summed E-state index contributed by atoms with van der Waals surface area (Å²) < 4.78 is 4.66. The van der Waals surface area contributed by atoms with Crippen molar-refractivity contribution in [2.24, 2.45) is 5.92 Å². The first-order valence-electron chi connectivity index (χ1n) is 5.91. The van der Waals surface area contributed by atoms with E-state index < -0.39 is 5.97 Å². The number of benzene rings is 1. The molecule has 1 aliphatic rings. The van der Waals surface area contributed by atoms with Crippen molar-refractivity contribution in [1.29, 1.82) is 0 Å². The smallest absolute Gasteiger partial charge is 0.337 e. The highest BCUT2D eigenvalue weighted by atomic mass is 35.5. The van der Waals surface area contributed by atoms with Crippen molar-refractivity contribution in [3.63, 3.8) is 0 Å². The van der Waals surface area contributed by atoms with Gasteiger partial charge in [0, 0.05) is 18.8 Å². The summed E-state index contributed by atoms with van der Waals surface area (Å²) in [5, 5.41) is 0. The molecule has 19 heavy (non-hydrogen) atoms. The molecule has 1 heterocycles. The number of nitrogens with two attached hydrogens (primary N) is 1. The third-order valence-electron chi connectivity index (χ3n) is 3.17. The fourth-order valence-corrected chi connectivity index (χ4v) is 2.35. The highest BCUT2D eigenvalue weighted by Gasteiger charge is 2.31. The number of hydrogen-bond donors (Lipinski definition) is 1. The van der Waals surface area contributed by atoms with E-state index in [9.17, 15) is 9.59 Å². The molecule has 1 aromatic carbocycles. The van der Waals surface area contributed by atoms with Crippen LogP contribution in [0.15, 0.2) is 18.2 Å². The van der Waals surface area contributed by atoms with Crippen molar-refractivity contribution in [1.82, 2.24) is 0 Å². The number of anilines is 2. The Kier molecular flexibility index (Phi) is 3.95. The van der Waals surface area contributed by atoms with Crippen molar-refractivity contribution >= 4 is 34.9 Å². The highest BCUT2D eigenvalue weighted by Crippen LogP contribution is 2.31. The molecule has 0 aromatic heterocycles. The fraction of sp³-hybridized carbons (Fsp3) is 0.385. The SMILES string of the molecule is COC(=O)c1ccc(N)c(N2CC(CCl)CC2=O)c1. The van der Waals surface area contributed by atoms with Gasteiger partial charge in [0.05, 0.1) is 24.0 Å². The van der Waals surface area contributed by atoms with Crippen LogP contribution < -0.4 is 10.6 Å². The predicted octanol–water partition coefficient (Wildman–Crippen LogP) is 1.65. The Morgan fingerprint density at radius 2 is 2.32 bits per heavy atom. The quantitative estimate of drug-likeness (QED) is 0.520. The van der Waals surface area contributed by atoms with E-state index in [0.717, 1.165) is 0 Å². The number of hydrogen-bond acceptors (Lipinski definition) is 4. The molecular weight excluding hydrogens is 268 g/mol. The maximum Gasteiger partial charge on any atom is 0.337 e. The maximum absolute atomic E-state index is 11.9. The van der Waals surface area contributed by atoms with Gasteiger partial charge in [0.2, 0.25) is 5.91 Å². The summed E-state index contributed by atoms with van der Waals surface area (Å²) in [6, 6.07) is 4.75. The molecule has 1 amide bonds. The van der Waals surface area contributed by atoms with Crippen LogP contribution in [0.5, 0.6) is 0 Å². The van der Waals surface area contributed by atoms with Gasteiger partial charge in [0.15, 0.2) is 0 Å². The topological polar surface area (TPSA) is 72.6 Å². The number of ether oxygens (including phenoxy) is 1. The molecule has 1 aromatic rings. The van der Waals surface area contributed by atoms with Gasteiger partial charge in [-0.05, 0) is 24.1 Å². The molecule has 0 radical (unpaired) electrons. The first-order valence-corrected chi connectivity index (χ1v) is 6.44. The second-order valence-electron chi connectivity index (χ2n) is 4.49. The van der Waals surface area contributed by atoms with Crippen LogP contribution in [0.3, 0.4) is 0 Å². The molecule has 102 valence electrons. The van der Waals surface area contributed by atoms with Crippen LogP contribution >= 0.6 is 11.6 Å². The van der Waals surface area contributed by atoms with Gasteiger partial charge in [0.1, 0.15) is 0 Å². The Morgan fingerprint density at radius 1 is 1.58 bits per heavy atom. The van der Waals surface area contributed by atoms with Crippen LogP contribution in [0.25, 0.3) is 0 Å². The van der Waals surface area contributed by atoms with Crippen LogP contribution in [0.2, 0.25) is 0 Å². The number of rotatable bonds is 3. The Balaban J connectivity index is 2.34. The first kappa shape index (κ1) is 13.7. The summed E-state index contributed by atoms with van der Waals surface area (Å²) in [4.78, 5) is 25.0. The Labute approximate surface area is 116 Å². The van der Waals surface area contributed by atoms with Crippen molar-refractivity contribution in [2.75, 3.05) is 30.2 Å². The van der Waals surface area contributed by atoms with Gasteiger partial charge in [0.25, 0.3) is 0 Å². The zero-order valence-electron chi connectivity index (χ0n) is 10.6. The van der Waals surface area contributed by atoms with E-state index in [-0.39, 0.29) is 11.8 Å². The second kappa shape index (κ2) is 5.48. The number of esters is 1. The van der Waals surface area contributed by atoms with E-state index in [1.165, 1.54) is 7.11 Å². The fourth-order valence-electron chi connectivity index (χ4n) is 2.14. The monoisotopic (exact) mass is 282 g/mol. The number of carbonyl (C=O) groups excluding carboxylic acids is 2. The normalized spacial score (nSPS) is 18.7. The molecular formula is C13H15ClN2O3. The number of alkyl halides is 1. The molecule has 6 heteroatoms. The van der Waals surface area contributed by atoms with Crippen molar-refractivity contribution < 1.29 is 14.3 Å². The lowest BCUT2D eigenvalue weighted by Crippen LogP contribution is -2.26. The van der Waals surface area contributed by atoms with Crippen LogP contribution in [0, 0.1) is 5.92 Å². The van der Waals surface area contributed by atoms with Crippen molar-refractivity contribution in [3.8, 4) is 0 Å². The molecule has 2 rings (SSSR count). The number of nitrogen functional groups attached to an aromatic ring is 1. The average molecular weight is 283 g/mol. The van der Waals surface area contributed by atoms with Crippen LogP contribution in [0.1, 0.15) is 16.8 Å². The lowest BCUT2D eigenvalue weighted by molar-refractivity contribution is -0.117. The van der Waals surface area contributed by atoms with E-state index in [1.54, 1.807) is 23.1 Å². The standard InChI is InChI=1S/C13H15ClN2O3/c1-19-13(18)9-2-3-10(15)11(5-9)16-7-8(6-14)4-12(16)17/h2-3,5,8H,4,6-7,15H2,1H3. The van der Waals surface area contributed by atoms with E-state index in [1.807, 2.05) is 0 Å². The minimum atomic E-state index is -0.457. The lowest BCUT2D eigenvalue weighted by Gasteiger charge is -2.19. The summed E-state index contributed by atoms with van der Waals surface area (Å²) >= 11 is 5.79. The minimum absolute atomic E-state index is 0.0284. The number of methoxy groups -OCH3 is 1. The van der Waals surface area contributed by atoms with Crippen LogP contribution in [-0.4, -0.2) is 31.4 Å². The molecule has 5 nitrogen and oxygen atoms in total. The van der Waals surface area contributed by atoms with Gasteiger partial charge in [-0.1, -0.05) is 0 Å². The van der Waals surface area contributed by atoms with Gasteiger partial charge in [-0.3, -0.25) is 4.79 Å². The minimum Gasteiger partial charge on any atom is -0.465 e. The Bertz CT molecular complexity index is 519. The maximum atomic E-state index is 11.9. The molecule has 0 aliphatic carbocycles. The van der Waals surface area contributed by atoms with Crippen LogP contribution in [0.4, 0.5) is 11.4 Å². The Morgan fingerprint density at radius 3 is 2.89 bits per heavy atom. The van der Waals surface area contributed by atoms with Gasteiger partial charge in [-0.2, -0.15) is 0 Å². The average Bonchev–Trinajstić information content (AvgIpc) is 2.79. The second-order valence-corrected chi connectivity index (χ2v) is 4.80. The summed E-state index contributed by atoms with van der Waals surface area (Å²) in [6.07, 6.45) is 0.408. The number of carbonyl (C=O) groups is 2. The van der Waals surface area contributed by atoms with E-state index in [0.29, 0.717) is 35.8 Å². The van der Waals surface area contributed by atoms with E-state index in [2.05, 4.69) is 4.74 Å². The molecule has 0 bridgehead atoms. The molecule has 1 fully saturated rings. The summed E-state index contributed by atoms with van der Waals surface area (Å²) in [7, 11) is 1.31. The molecule has 0 saturated carbocycles. The van der Waals surface area contributed by atoms with Gasteiger partial charge in [-0.25, -0.2) is 4.79 Å². The zero-order valence-corrected chi connectivity index (χ0v) is 11.3. The summed E-state index contributed by atoms with van der Waals surface area (Å²) in [5.74, 6) is 0.0651. The summed E-state index contributed by atoms with van der Waals surface area (Å²) in [5.41, 5.74) is 7.25. The number of nitrogens with zero attached hydrogens (tertiary/aromatic N) is 1. The van der Waals surface area contributed by atoms with Crippen molar-refractivity contribution in [2.45, 2.75) is 6.42 Å². The number of amides is 1. The molecule has 2 N–H and O–H groups in total. The Hall–Kier alpha value is -1.75. The largest absolute Gasteiger partial charge is 0.465 e. The van der Waals surface area contributed by atoms with Crippen LogP contribution in [-0.2, 0) is 9.53 Å². The third kappa shape index (κ3) is 2.66. The van der Waals surface area contributed by atoms with Gasteiger partial charge in [-0.15, -0.1) is 11.6 Å². The van der Waals surface area contributed by atoms with Gasteiger partial charge < -0.3 is 15.4 Å². The zero-order chi connectivity index (χ0) is 14.0. The molecule has 1 aliphatic heterocycles. The molecule has 0 spiro atoms. The number of halogens is 1. The highest BCUT2D eigenvalue weighted by molar-refractivity contribution is 6.18. The van der Waals surface area contributed by atoms with E-state index in [4.69, 9.17) is 17.3 Å². The van der Waals surface area contributed by atoms with Gasteiger partial charge >= 0.3 is 5.97 Å². The third-order valence-corrected chi connectivity index (χ3v) is 3.60. The lowest BCUT2D eigenvalue weighted by atomic mass is 10.1. The first-order chi connectivity index (χ1) is 9.06. The molecule has 1 saturated heterocycles. The predicted molar refractivity (Wildman–Crippen MR) is 73.4 cm³/mol.